The van der Waals surface area contributed by atoms with Crippen molar-refractivity contribution in [1.82, 2.24) is 19.6 Å². The molecule has 0 bridgehead atoms. The van der Waals surface area contributed by atoms with E-state index in [1.165, 1.54) is 4.52 Å². The summed E-state index contributed by atoms with van der Waals surface area (Å²) in [6.07, 6.45) is 5.39. The second-order valence-electron chi connectivity index (χ2n) is 7.49. The number of imide groups is 1. The Morgan fingerprint density at radius 1 is 1.00 bits per heavy atom. The van der Waals surface area contributed by atoms with E-state index >= 15 is 0 Å². The van der Waals surface area contributed by atoms with Gasteiger partial charge in [-0.25, -0.2) is 9.88 Å². The van der Waals surface area contributed by atoms with Crippen molar-refractivity contribution in [2.75, 3.05) is 4.90 Å². The molecule has 0 saturated carbocycles. The maximum atomic E-state index is 13.0. The number of carbonyl (C=O) groups excluding carboxylic acids is 2. The van der Waals surface area contributed by atoms with Gasteiger partial charge in [0.2, 0.25) is 17.8 Å². The van der Waals surface area contributed by atoms with E-state index in [2.05, 4.69) is 15.1 Å². The van der Waals surface area contributed by atoms with Crippen molar-refractivity contribution in [2.24, 2.45) is 11.8 Å². The molecule has 1 N–H and O–H groups in total. The minimum atomic E-state index is -0.360. The third-order valence-corrected chi connectivity index (χ3v) is 5.73. The maximum absolute atomic E-state index is 13.0. The largest absolute Gasteiger partial charge is 0.277 e. The topological polar surface area (TPSA) is 100 Å². The van der Waals surface area contributed by atoms with Crippen LogP contribution in [0.1, 0.15) is 29.7 Å². The zero-order chi connectivity index (χ0) is 20.1. The summed E-state index contributed by atoms with van der Waals surface area (Å²) in [4.78, 5) is 48.4. The number of benzene rings is 1. The van der Waals surface area contributed by atoms with Crippen molar-refractivity contribution in [1.29, 1.82) is 0 Å². The normalized spacial score (nSPS) is 21.2. The molecule has 5 rings (SSSR count). The lowest BCUT2D eigenvalue weighted by Crippen LogP contribution is -2.32. The number of aromatic nitrogens is 4. The zero-order valence-corrected chi connectivity index (χ0v) is 15.8. The number of hydrogen-bond donors (Lipinski definition) is 1. The highest BCUT2D eigenvalue weighted by molar-refractivity contribution is 6.21. The molecule has 3 aromatic rings. The molecule has 2 amide bonds. The molecule has 0 radical (unpaired) electrons. The molecule has 2 atom stereocenters. The van der Waals surface area contributed by atoms with E-state index in [9.17, 15) is 14.4 Å². The van der Waals surface area contributed by atoms with Crippen molar-refractivity contribution in [3.05, 3.63) is 69.7 Å². The quantitative estimate of drug-likeness (QED) is 0.544. The molecule has 8 nitrogen and oxygen atoms in total. The fourth-order valence-corrected chi connectivity index (χ4v) is 4.16. The molecule has 8 heteroatoms. The van der Waals surface area contributed by atoms with Gasteiger partial charge in [0.15, 0.2) is 0 Å². The van der Waals surface area contributed by atoms with E-state index in [4.69, 9.17) is 0 Å². The van der Waals surface area contributed by atoms with Crippen LogP contribution in [-0.4, -0.2) is 31.4 Å². The number of rotatable bonds is 3. The Balaban J connectivity index is 1.56. The smallest absolute Gasteiger partial charge is 0.274 e. The summed E-state index contributed by atoms with van der Waals surface area (Å²) in [7, 11) is 0. The Kier molecular flexibility index (Phi) is 3.94. The number of carbonyl (C=O) groups is 2. The van der Waals surface area contributed by atoms with Crippen LogP contribution in [0.15, 0.2) is 47.3 Å². The monoisotopic (exact) mass is 389 g/mol. The molecule has 1 fully saturated rings. The predicted molar refractivity (Wildman–Crippen MR) is 105 cm³/mol. The second kappa shape index (κ2) is 6.51. The molecule has 1 aromatic carbocycles. The lowest BCUT2D eigenvalue weighted by Gasteiger charge is -2.14. The van der Waals surface area contributed by atoms with Crippen LogP contribution in [-0.2, 0) is 16.0 Å². The summed E-state index contributed by atoms with van der Waals surface area (Å²) >= 11 is 0. The summed E-state index contributed by atoms with van der Waals surface area (Å²) in [6.45, 7) is 1.76. The van der Waals surface area contributed by atoms with E-state index in [0.717, 1.165) is 10.5 Å². The molecular formula is C21H19N5O3. The number of anilines is 1. The van der Waals surface area contributed by atoms with Gasteiger partial charge in [0.1, 0.15) is 0 Å². The highest BCUT2D eigenvalue weighted by Gasteiger charge is 2.49. The zero-order valence-electron chi connectivity index (χ0n) is 15.8. The first kappa shape index (κ1) is 17.5. The van der Waals surface area contributed by atoms with E-state index in [1.54, 1.807) is 6.92 Å². The number of H-pyrrole nitrogens is 1. The number of allylic oxidation sites excluding steroid dienone is 2. The van der Waals surface area contributed by atoms with Crippen LogP contribution in [0.25, 0.3) is 5.78 Å². The van der Waals surface area contributed by atoms with Crippen LogP contribution in [0.3, 0.4) is 0 Å². The van der Waals surface area contributed by atoms with E-state index in [0.29, 0.717) is 30.5 Å². The number of nitrogens with one attached hydrogen (secondary N) is 1. The van der Waals surface area contributed by atoms with Gasteiger partial charge in [-0.05, 0) is 25.3 Å². The van der Waals surface area contributed by atoms with Gasteiger partial charge in [0.05, 0.1) is 17.5 Å². The van der Waals surface area contributed by atoms with Crippen molar-refractivity contribution in [2.45, 2.75) is 26.2 Å². The predicted octanol–water partition coefficient (Wildman–Crippen LogP) is 1.77. The fraction of sp³-hybridized carbons (Fsp3) is 0.286. The molecule has 3 heterocycles. The number of aryl methyl sites for hydroxylation is 1. The van der Waals surface area contributed by atoms with Gasteiger partial charge in [-0.3, -0.25) is 19.5 Å². The molecule has 146 valence electrons. The first-order valence-corrected chi connectivity index (χ1v) is 9.59. The number of fused-ring (bicyclic) bond motifs is 2. The molecule has 0 spiro atoms. The van der Waals surface area contributed by atoms with Gasteiger partial charge in [-0.2, -0.15) is 9.50 Å². The lowest BCUT2D eigenvalue weighted by atomic mass is 9.85. The lowest BCUT2D eigenvalue weighted by molar-refractivity contribution is -0.122. The Morgan fingerprint density at radius 2 is 1.66 bits per heavy atom. The molecule has 1 aliphatic heterocycles. The Hall–Kier alpha value is -3.55. The summed E-state index contributed by atoms with van der Waals surface area (Å²) in [6, 6.07) is 9.65. The van der Waals surface area contributed by atoms with Gasteiger partial charge >= 0.3 is 0 Å². The van der Waals surface area contributed by atoms with Crippen LogP contribution >= 0.6 is 0 Å². The molecular weight excluding hydrogens is 370 g/mol. The van der Waals surface area contributed by atoms with Gasteiger partial charge < -0.3 is 0 Å². The summed E-state index contributed by atoms with van der Waals surface area (Å²) in [5.74, 6) is -1.08. The number of aromatic amines is 1. The van der Waals surface area contributed by atoms with Gasteiger partial charge in [-0.15, -0.1) is 0 Å². The van der Waals surface area contributed by atoms with Crippen LogP contribution in [0.5, 0.6) is 0 Å². The molecule has 1 aliphatic carbocycles. The average molecular weight is 389 g/mol. The third kappa shape index (κ3) is 2.71. The summed E-state index contributed by atoms with van der Waals surface area (Å²) < 4.78 is 1.21. The SMILES string of the molecule is Cc1nc2nc(N3C(=O)[C@H]4CC=CC[C@H]4C3=O)[nH]n2c(=O)c1Cc1ccccc1. The van der Waals surface area contributed by atoms with Crippen molar-refractivity contribution in [3.63, 3.8) is 0 Å². The van der Waals surface area contributed by atoms with Crippen LogP contribution in [0, 0.1) is 18.8 Å². The Morgan fingerprint density at radius 3 is 2.31 bits per heavy atom. The van der Waals surface area contributed by atoms with E-state index < -0.39 is 0 Å². The number of amides is 2. The number of nitrogens with zero attached hydrogens (tertiary/aromatic N) is 4. The van der Waals surface area contributed by atoms with Gasteiger partial charge in [-0.1, -0.05) is 42.5 Å². The van der Waals surface area contributed by atoms with Crippen molar-refractivity contribution >= 4 is 23.5 Å². The van der Waals surface area contributed by atoms with Gasteiger partial charge in [0.25, 0.3) is 11.3 Å². The minimum Gasteiger partial charge on any atom is -0.274 e. The molecule has 29 heavy (non-hydrogen) atoms. The second-order valence-corrected chi connectivity index (χ2v) is 7.49. The molecule has 2 aliphatic rings. The first-order chi connectivity index (χ1) is 14.0. The van der Waals surface area contributed by atoms with Crippen LogP contribution in [0.4, 0.5) is 5.95 Å². The molecule has 0 unspecified atom stereocenters. The van der Waals surface area contributed by atoms with E-state index in [-0.39, 0.29) is 40.9 Å². The standard InChI is InChI=1S/C21H19N5O3/c1-12-16(11-13-7-3-2-4-8-13)19(29)26-20(22-12)23-21(24-26)25-17(27)14-9-5-6-10-15(14)18(25)28/h2-8,14-15H,9-11H2,1H3,(H,22,23,24)/t14-,15+. The minimum absolute atomic E-state index is 0.0512. The molecule has 2 aromatic heterocycles. The van der Waals surface area contributed by atoms with Gasteiger partial charge in [0, 0.05) is 12.0 Å². The maximum Gasteiger partial charge on any atom is 0.277 e. The fourth-order valence-electron chi connectivity index (χ4n) is 4.16. The summed E-state index contributed by atoms with van der Waals surface area (Å²) in [5.41, 5.74) is 1.83. The van der Waals surface area contributed by atoms with E-state index in [1.807, 2.05) is 42.5 Å². The van der Waals surface area contributed by atoms with Crippen molar-refractivity contribution < 1.29 is 9.59 Å². The third-order valence-electron chi connectivity index (χ3n) is 5.73. The highest BCUT2D eigenvalue weighted by Crippen LogP contribution is 2.36. The van der Waals surface area contributed by atoms with Crippen LogP contribution in [0.2, 0.25) is 0 Å². The van der Waals surface area contributed by atoms with Crippen molar-refractivity contribution in [3.8, 4) is 0 Å². The highest BCUT2D eigenvalue weighted by atomic mass is 16.2. The van der Waals surface area contributed by atoms with Crippen LogP contribution < -0.4 is 10.5 Å². The first-order valence-electron chi connectivity index (χ1n) is 9.59. The summed E-state index contributed by atoms with van der Waals surface area (Å²) in [5, 5.41) is 2.82. The number of hydrogen-bond acceptors (Lipinski definition) is 5. The average Bonchev–Trinajstić information content (AvgIpc) is 3.25. The Labute approximate surface area is 165 Å². The Bertz CT molecular complexity index is 1200. The molecule has 1 saturated heterocycles.